The lowest BCUT2D eigenvalue weighted by atomic mass is 9.72. The molecule has 10 aliphatic rings. The third kappa shape index (κ3) is 4.31. The second kappa shape index (κ2) is 11.4. The van der Waals surface area contributed by atoms with Gasteiger partial charge in [0.25, 0.3) is 0 Å². The first-order valence-corrected chi connectivity index (χ1v) is 19.2. The Kier molecular flexibility index (Phi) is 7.00. The van der Waals surface area contributed by atoms with Crippen molar-refractivity contribution in [1.82, 2.24) is 20.4 Å². The minimum absolute atomic E-state index is 0.169. The summed E-state index contributed by atoms with van der Waals surface area (Å²) in [5, 5.41) is 8.47. The third-order valence-electron chi connectivity index (χ3n) is 13.6. The van der Waals surface area contributed by atoms with Crippen LogP contribution in [0.25, 0.3) is 0 Å². The van der Waals surface area contributed by atoms with Crippen LogP contribution in [0.3, 0.4) is 0 Å². The van der Waals surface area contributed by atoms with E-state index in [0.717, 1.165) is 18.8 Å². The maximum Gasteiger partial charge on any atom is 0.135 e. The summed E-state index contributed by atoms with van der Waals surface area (Å²) in [5.41, 5.74) is 11.4. The highest BCUT2D eigenvalue weighted by Gasteiger charge is 2.52. The molecule has 0 aromatic rings. The van der Waals surface area contributed by atoms with Gasteiger partial charge >= 0.3 is 0 Å². The molecule has 0 bridgehead atoms. The fourth-order valence-electron chi connectivity index (χ4n) is 11.6. The summed E-state index contributed by atoms with van der Waals surface area (Å²) in [7, 11) is 0. The van der Waals surface area contributed by atoms with Crippen LogP contribution < -0.4 is 10.6 Å². The second-order valence-electron chi connectivity index (χ2n) is 15.9. The maximum atomic E-state index is 4.31. The van der Waals surface area contributed by atoms with Crippen molar-refractivity contribution in [3.8, 4) is 0 Å². The molecule has 0 aromatic carbocycles. The van der Waals surface area contributed by atoms with E-state index in [-0.39, 0.29) is 6.29 Å². The van der Waals surface area contributed by atoms with Crippen molar-refractivity contribution in [2.75, 3.05) is 0 Å². The van der Waals surface area contributed by atoms with E-state index in [1.54, 1.807) is 39.4 Å². The van der Waals surface area contributed by atoms with Gasteiger partial charge in [-0.2, -0.15) is 0 Å². The number of nitrogens with one attached hydrogen (secondary N) is 2. The van der Waals surface area contributed by atoms with Crippen LogP contribution in [0, 0.1) is 23.7 Å². The van der Waals surface area contributed by atoms with E-state index >= 15 is 0 Å². The van der Waals surface area contributed by atoms with Crippen LogP contribution in [0.2, 0.25) is 0 Å². The largest absolute Gasteiger partial charge is 0.341 e. The second-order valence-corrected chi connectivity index (χ2v) is 15.9. The van der Waals surface area contributed by atoms with Gasteiger partial charge in [-0.1, -0.05) is 86.1 Å². The fourth-order valence-corrected chi connectivity index (χ4v) is 11.6. The van der Waals surface area contributed by atoms with Crippen LogP contribution in [0.15, 0.2) is 106 Å². The van der Waals surface area contributed by atoms with E-state index in [1.807, 2.05) is 0 Å². The lowest BCUT2D eigenvalue weighted by Crippen LogP contribution is -2.70. The van der Waals surface area contributed by atoms with Gasteiger partial charge in [-0.05, 0) is 99.7 Å². The molecule has 2 N–H and O–H groups in total. The number of nitrogens with zero attached hydrogens (tertiary/aromatic N) is 2. The van der Waals surface area contributed by atoms with Crippen LogP contribution in [0.1, 0.15) is 96.3 Å². The Bertz CT molecular complexity index is 1550. The van der Waals surface area contributed by atoms with Gasteiger partial charge in [-0.3, -0.25) is 10.6 Å². The van der Waals surface area contributed by atoms with Crippen molar-refractivity contribution in [3.63, 3.8) is 0 Å². The van der Waals surface area contributed by atoms with Crippen LogP contribution in [-0.2, 0) is 0 Å². The smallest absolute Gasteiger partial charge is 0.135 e. The molecular formula is C42H52N4. The molecule has 7 aliphatic carbocycles. The molecule has 8 unspecified atom stereocenters. The predicted octanol–water partition coefficient (Wildman–Crippen LogP) is 8.45. The van der Waals surface area contributed by atoms with E-state index in [4.69, 9.17) is 0 Å². The van der Waals surface area contributed by atoms with Crippen molar-refractivity contribution in [3.05, 3.63) is 106 Å². The zero-order valence-electron chi connectivity index (χ0n) is 27.5. The standard InChI is InChI=1S/C42H52N4/c1-3-13-27(14-4-1)40-33-18-7-10-20-35(33)43-42(44-40)46-37-22-12-9-19-34(37)39-30-23-24-31-29-17-8-11-21-36(29)45(28-15-5-2-6-16-28)41(31)32(30)25-26-38(39)46/h7,9-10,12,15,18-21,23-24,27,29,31,33,35,37,40-44H,1-6,8,11,13-14,16-17,22,25-26H2. The lowest BCUT2D eigenvalue weighted by molar-refractivity contribution is 0.0514. The molecular weight excluding hydrogens is 560 g/mol. The van der Waals surface area contributed by atoms with Gasteiger partial charge in [0, 0.05) is 52.5 Å². The minimum Gasteiger partial charge on any atom is -0.341 e. The maximum absolute atomic E-state index is 4.31. The van der Waals surface area contributed by atoms with Crippen molar-refractivity contribution >= 4 is 0 Å². The first-order valence-electron chi connectivity index (χ1n) is 19.2. The van der Waals surface area contributed by atoms with E-state index < -0.39 is 0 Å². The molecule has 3 heterocycles. The Labute approximate surface area is 276 Å². The predicted molar refractivity (Wildman–Crippen MR) is 187 cm³/mol. The Morgan fingerprint density at radius 2 is 1.67 bits per heavy atom. The van der Waals surface area contributed by atoms with E-state index in [0.29, 0.717) is 41.9 Å². The molecule has 4 heteroatoms. The summed E-state index contributed by atoms with van der Waals surface area (Å²) >= 11 is 0. The molecule has 0 amide bonds. The number of fused-ring (bicyclic) bond motifs is 8. The molecule has 3 fully saturated rings. The quantitative estimate of drug-likeness (QED) is 0.335. The Hall–Kier alpha value is -2.82. The van der Waals surface area contributed by atoms with Crippen LogP contribution in [0.4, 0.5) is 0 Å². The first-order chi connectivity index (χ1) is 22.8. The number of likely N-dealkylation sites (tertiary alicyclic amines) is 1. The van der Waals surface area contributed by atoms with E-state index in [1.165, 1.54) is 83.5 Å². The van der Waals surface area contributed by atoms with E-state index in [2.05, 4.69) is 87.3 Å². The summed E-state index contributed by atoms with van der Waals surface area (Å²) in [4.78, 5) is 5.74. The van der Waals surface area contributed by atoms with Gasteiger partial charge in [0.2, 0.25) is 0 Å². The topological polar surface area (TPSA) is 30.5 Å². The molecule has 46 heavy (non-hydrogen) atoms. The van der Waals surface area contributed by atoms with Gasteiger partial charge in [0.1, 0.15) is 6.29 Å². The molecule has 0 spiro atoms. The van der Waals surface area contributed by atoms with Gasteiger partial charge in [-0.15, -0.1) is 0 Å². The number of hydrogen-bond acceptors (Lipinski definition) is 4. The van der Waals surface area contributed by atoms with Gasteiger partial charge in [-0.25, -0.2) is 0 Å². The molecule has 4 nitrogen and oxygen atoms in total. The molecule has 1 saturated carbocycles. The molecule has 0 radical (unpaired) electrons. The third-order valence-corrected chi connectivity index (χ3v) is 13.6. The summed E-state index contributed by atoms with van der Waals surface area (Å²) in [6, 6.07) is 1.87. The zero-order valence-corrected chi connectivity index (χ0v) is 27.5. The molecule has 3 aliphatic heterocycles. The van der Waals surface area contributed by atoms with Crippen LogP contribution in [-0.4, -0.2) is 40.3 Å². The summed E-state index contributed by atoms with van der Waals surface area (Å²) in [5.74, 6) is 2.65. The zero-order chi connectivity index (χ0) is 30.2. The first kappa shape index (κ1) is 28.2. The van der Waals surface area contributed by atoms with Crippen LogP contribution >= 0.6 is 0 Å². The monoisotopic (exact) mass is 612 g/mol. The van der Waals surface area contributed by atoms with Crippen molar-refractivity contribution in [1.29, 1.82) is 0 Å². The van der Waals surface area contributed by atoms with E-state index in [9.17, 15) is 0 Å². The SMILES string of the molecule is C1=CCC2C(=C1)C1=C(CCC3=C1C=CC1C4CCCC=C4N(C4=CCCCC4)C31)N2C1NC2C=CC=CC2C(C2CCCCC2)N1. The van der Waals surface area contributed by atoms with Gasteiger partial charge in [0.05, 0.1) is 12.1 Å². The highest BCUT2D eigenvalue weighted by atomic mass is 15.4. The van der Waals surface area contributed by atoms with Gasteiger partial charge in [0.15, 0.2) is 0 Å². The number of allylic oxidation sites excluding steroid dienone is 11. The average molecular weight is 613 g/mol. The van der Waals surface area contributed by atoms with Crippen molar-refractivity contribution in [2.45, 2.75) is 127 Å². The fraction of sp³-hybridized carbons (Fsp3) is 0.571. The highest BCUT2D eigenvalue weighted by molar-refractivity contribution is 5.66. The molecule has 240 valence electrons. The molecule has 0 aromatic heterocycles. The summed E-state index contributed by atoms with van der Waals surface area (Å²) < 4.78 is 0. The molecule has 10 rings (SSSR count). The lowest BCUT2D eigenvalue weighted by Gasteiger charge is -2.51. The summed E-state index contributed by atoms with van der Waals surface area (Å²) in [6.07, 6.45) is 47.0. The summed E-state index contributed by atoms with van der Waals surface area (Å²) in [6.45, 7) is 0. The number of hydrogen-bond donors (Lipinski definition) is 2. The van der Waals surface area contributed by atoms with Crippen molar-refractivity contribution < 1.29 is 0 Å². The number of rotatable bonds is 3. The normalized spacial score (nSPS) is 39.7. The highest BCUT2D eigenvalue weighted by Crippen LogP contribution is 2.57. The Morgan fingerprint density at radius 3 is 2.59 bits per heavy atom. The Morgan fingerprint density at radius 1 is 0.761 bits per heavy atom. The Balaban J connectivity index is 1.05. The van der Waals surface area contributed by atoms with Crippen molar-refractivity contribution in [2.24, 2.45) is 23.7 Å². The molecule has 8 atom stereocenters. The molecule has 2 saturated heterocycles. The van der Waals surface area contributed by atoms with Gasteiger partial charge < -0.3 is 9.80 Å². The van der Waals surface area contributed by atoms with Crippen LogP contribution in [0.5, 0.6) is 0 Å². The minimum atomic E-state index is 0.169. The average Bonchev–Trinajstić information content (AvgIpc) is 3.65.